The number of methoxy groups -OCH3 is 1. The molecular formula is C15H21NO3. The number of rotatable bonds is 5. The molecule has 0 saturated heterocycles. The number of carbonyl (C=O) groups is 1. The molecule has 4 nitrogen and oxygen atoms in total. The first-order valence-corrected chi connectivity index (χ1v) is 6.70. The molecule has 0 bridgehead atoms. The van der Waals surface area contributed by atoms with Crippen LogP contribution in [-0.4, -0.2) is 30.8 Å². The second-order valence-corrected chi connectivity index (χ2v) is 5.27. The first-order valence-electron chi connectivity index (χ1n) is 6.70. The van der Waals surface area contributed by atoms with Crippen molar-refractivity contribution in [2.75, 3.05) is 18.6 Å². The lowest BCUT2D eigenvalue weighted by Gasteiger charge is -2.24. The van der Waals surface area contributed by atoms with Gasteiger partial charge in [-0.25, -0.2) is 0 Å². The maximum atomic E-state index is 10.8. The minimum atomic E-state index is -0.737. The van der Waals surface area contributed by atoms with E-state index in [1.54, 1.807) is 7.11 Å². The van der Waals surface area contributed by atoms with Crippen molar-refractivity contribution in [1.29, 1.82) is 0 Å². The molecule has 0 aliphatic carbocycles. The minimum Gasteiger partial charge on any atom is -0.496 e. The van der Waals surface area contributed by atoms with Gasteiger partial charge in [-0.2, -0.15) is 0 Å². The molecule has 4 heteroatoms. The Morgan fingerprint density at radius 3 is 2.84 bits per heavy atom. The Hall–Kier alpha value is -1.71. The van der Waals surface area contributed by atoms with E-state index in [4.69, 9.17) is 9.84 Å². The average Bonchev–Trinajstić information content (AvgIpc) is 2.75. The molecule has 0 amide bonds. The fourth-order valence-corrected chi connectivity index (χ4v) is 2.82. The van der Waals surface area contributed by atoms with Crippen LogP contribution in [0.15, 0.2) is 18.2 Å². The van der Waals surface area contributed by atoms with Gasteiger partial charge in [-0.15, -0.1) is 0 Å². The van der Waals surface area contributed by atoms with Crippen molar-refractivity contribution >= 4 is 11.7 Å². The van der Waals surface area contributed by atoms with Crippen LogP contribution in [0.2, 0.25) is 0 Å². The van der Waals surface area contributed by atoms with Crippen molar-refractivity contribution in [2.45, 2.75) is 38.6 Å². The number of aliphatic carboxylic acids is 1. The highest BCUT2D eigenvalue weighted by Crippen LogP contribution is 2.44. The molecule has 1 aliphatic heterocycles. The van der Waals surface area contributed by atoms with Crippen molar-refractivity contribution in [3.8, 4) is 5.75 Å². The Morgan fingerprint density at radius 2 is 2.26 bits per heavy atom. The van der Waals surface area contributed by atoms with Crippen LogP contribution in [-0.2, 0) is 4.79 Å². The van der Waals surface area contributed by atoms with Gasteiger partial charge in [-0.1, -0.05) is 6.07 Å². The van der Waals surface area contributed by atoms with Gasteiger partial charge >= 0.3 is 5.97 Å². The quantitative estimate of drug-likeness (QED) is 0.887. The summed E-state index contributed by atoms with van der Waals surface area (Å²) in [6.07, 6.45) is 0.861. The Bertz CT molecular complexity index is 470. The van der Waals surface area contributed by atoms with Crippen LogP contribution in [0.5, 0.6) is 5.75 Å². The van der Waals surface area contributed by atoms with Gasteiger partial charge in [0.05, 0.1) is 7.11 Å². The SMILES string of the molecule is COc1cccc2c1C(CCC(=O)O)CN2C(C)C. The highest BCUT2D eigenvalue weighted by Gasteiger charge is 2.32. The number of benzene rings is 1. The lowest BCUT2D eigenvalue weighted by molar-refractivity contribution is -0.137. The highest BCUT2D eigenvalue weighted by molar-refractivity contribution is 5.69. The van der Waals surface area contributed by atoms with Gasteiger partial charge in [0.25, 0.3) is 0 Å². The lowest BCUT2D eigenvalue weighted by Crippen LogP contribution is -2.29. The molecule has 1 unspecified atom stereocenters. The molecule has 0 fully saturated rings. The lowest BCUT2D eigenvalue weighted by atomic mass is 9.95. The molecule has 1 aromatic rings. The van der Waals surface area contributed by atoms with E-state index >= 15 is 0 Å². The average molecular weight is 263 g/mol. The third-order valence-electron chi connectivity index (χ3n) is 3.73. The Morgan fingerprint density at radius 1 is 1.53 bits per heavy atom. The third-order valence-corrected chi connectivity index (χ3v) is 3.73. The van der Waals surface area contributed by atoms with Crippen LogP contribution in [0.3, 0.4) is 0 Å². The van der Waals surface area contributed by atoms with Crippen LogP contribution >= 0.6 is 0 Å². The van der Waals surface area contributed by atoms with E-state index in [0.29, 0.717) is 12.5 Å². The predicted octanol–water partition coefficient (Wildman–Crippen LogP) is 2.87. The number of ether oxygens (including phenoxy) is 1. The number of carboxylic acid groups (broad SMARTS) is 1. The normalized spacial score (nSPS) is 17.7. The molecular weight excluding hydrogens is 242 g/mol. The topological polar surface area (TPSA) is 49.8 Å². The fourth-order valence-electron chi connectivity index (χ4n) is 2.82. The van der Waals surface area contributed by atoms with Gasteiger partial charge in [0.1, 0.15) is 5.75 Å². The zero-order valence-corrected chi connectivity index (χ0v) is 11.7. The molecule has 0 spiro atoms. The number of anilines is 1. The summed E-state index contributed by atoms with van der Waals surface area (Å²) in [6.45, 7) is 5.19. The first-order chi connectivity index (χ1) is 9.04. The van der Waals surface area contributed by atoms with E-state index in [9.17, 15) is 4.79 Å². The zero-order chi connectivity index (χ0) is 14.0. The zero-order valence-electron chi connectivity index (χ0n) is 11.7. The van der Waals surface area contributed by atoms with Crippen molar-refractivity contribution in [2.24, 2.45) is 0 Å². The second-order valence-electron chi connectivity index (χ2n) is 5.27. The Kier molecular flexibility index (Phi) is 3.98. The monoisotopic (exact) mass is 263 g/mol. The van der Waals surface area contributed by atoms with Crippen molar-refractivity contribution in [3.63, 3.8) is 0 Å². The van der Waals surface area contributed by atoms with Gasteiger partial charge in [-0.05, 0) is 32.4 Å². The molecule has 19 heavy (non-hydrogen) atoms. The molecule has 1 atom stereocenters. The molecule has 1 N–H and O–H groups in total. The van der Waals surface area contributed by atoms with Crippen molar-refractivity contribution < 1.29 is 14.6 Å². The second kappa shape index (κ2) is 5.51. The summed E-state index contributed by atoms with van der Waals surface area (Å²) < 4.78 is 5.45. The standard InChI is InChI=1S/C15H21NO3/c1-10(2)16-9-11(7-8-14(17)18)15-12(16)5-4-6-13(15)19-3/h4-6,10-11H,7-9H2,1-3H3,(H,17,18). The van der Waals surface area contributed by atoms with Gasteiger partial charge in [-0.3, -0.25) is 4.79 Å². The molecule has 1 heterocycles. The van der Waals surface area contributed by atoms with Crippen molar-refractivity contribution in [3.05, 3.63) is 23.8 Å². The van der Waals surface area contributed by atoms with E-state index in [1.807, 2.05) is 12.1 Å². The van der Waals surface area contributed by atoms with Crippen LogP contribution in [0, 0.1) is 0 Å². The maximum absolute atomic E-state index is 10.8. The van der Waals surface area contributed by atoms with Gasteiger partial charge in [0.15, 0.2) is 0 Å². The van der Waals surface area contributed by atoms with E-state index in [-0.39, 0.29) is 12.3 Å². The number of hydrogen-bond acceptors (Lipinski definition) is 3. The number of nitrogens with zero attached hydrogens (tertiary/aromatic N) is 1. The maximum Gasteiger partial charge on any atom is 0.303 e. The fraction of sp³-hybridized carbons (Fsp3) is 0.533. The molecule has 1 aromatic carbocycles. The summed E-state index contributed by atoms with van der Waals surface area (Å²) in [5.41, 5.74) is 2.35. The van der Waals surface area contributed by atoms with E-state index < -0.39 is 5.97 Å². The summed E-state index contributed by atoms with van der Waals surface area (Å²) in [7, 11) is 1.67. The summed E-state index contributed by atoms with van der Waals surface area (Å²) in [5, 5.41) is 8.88. The Labute approximate surface area is 114 Å². The van der Waals surface area contributed by atoms with Crippen LogP contribution in [0.4, 0.5) is 5.69 Å². The van der Waals surface area contributed by atoms with Gasteiger partial charge < -0.3 is 14.7 Å². The van der Waals surface area contributed by atoms with Gasteiger partial charge in [0.2, 0.25) is 0 Å². The minimum absolute atomic E-state index is 0.202. The largest absolute Gasteiger partial charge is 0.496 e. The van der Waals surface area contributed by atoms with E-state index in [0.717, 1.165) is 12.3 Å². The molecule has 2 rings (SSSR count). The molecule has 0 aromatic heterocycles. The smallest absolute Gasteiger partial charge is 0.303 e. The molecule has 104 valence electrons. The number of carboxylic acids is 1. The van der Waals surface area contributed by atoms with Crippen LogP contribution < -0.4 is 9.64 Å². The summed E-state index contributed by atoms with van der Waals surface area (Å²) in [6, 6.07) is 6.45. The number of hydrogen-bond donors (Lipinski definition) is 1. The van der Waals surface area contributed by atoms with E-state index in [2.05, 4.69) is 24.8 Å². The van der Waals surface area contributed by atoms with Crippen LogP contribution in [0.1, 0.15) is 38.2 Å². The predicted molar refractivity (Wildman–Crippen MR) is 75.1 cm³/mol. The van der Waals surface area contributed by atoms with Crippen molar-refractivity contribution in [1.82, 2.24) is 0 Å². The van der Waals surface area contributed by atoms with Gasteiger partial charge in [0, 0.05) is 36.2 Å². The number of fused-ring (bicyclic) bond motifs is 1. The Balaban J connectivity index is 2.33. The summed E-state index contributed by atoms with van der Waals surface area (Å²) in [5.74, 6) is 0.375. The van der Waals surface area contributed by atoms with E-state index in [1.165, 1.54) is 11.3 Å². The highest BCUT2D eigenvalue weighted by atomic mass is 16.5. The molecule has 0 saturated carbocycles. The van der Waals surface area contributed by atoms with Crippen LogP contribution in [0.25, 0.3) is 0 Å². The third kappa shape index (κ3) is 2.67. The summed E-state index contributed by atoms with van der Waals surface area (Å²) >= 11 is 0. The first kappa shape index (κ1) is 13.7. The molecule has 1 aliphatic rings. The summed E-state index contributed by atoms with van der Waals surface area (Å²) in [4.78, 5) is 13.1. The molecule has 0 radical (unpaired) electrons.